The number of halogens is 2. The van der Waals surface area contributed by atoms with Gasteiger partial charge in [0.05, 0.1) is 10.7 Å². The van der Waals surface area contributed by atoms with Crippen molar-refractivity contribution in [2.24, 2.45) is 0 Å². The number of rotatable bonds is 2. The number of urea groups is 1. The molecule has 1 aromatic rings. The maximum atomic E-state index is 12.2. The largest absolute Gasteiger partial charge is 0.325 e. The molecule has 1 aliphatic heterocycles. The van der Waals surface area contributed by atoms with Crippen LogP contribution in [-0.2, 0) is 0 Å². The summed E-state index contributed by atoms with van der Waals surface area (Å²) in [5.74, 6) is 0. The molecule has 19 heavy (non-hydrogen) atoms. The molecule has 1 heterocycles. The monoisotopic (exact) mass is 301 g/mol. The first kappa shape index (κ1) is 14.4. The van der Waals surface area contributed by atoms with Crippen LogP contribution in [0.4, 0.5) is 10.5 Å². The number of amides is 2. The van der Waals surface area contributed by atoms with E-state index in [1.807, 2.05) is 7.05 Å². The highest BCUT2D eigenvalue weighted by atomic mass is 35.5. The molecule has 1 aliphatic rings. The molecule has 1 saturated heterocycles. The van der Waals surface area contributed by atoms with E-state index in [-0.39, 0.29) is 12.1 Å². The lowest BCUT2D eigenvalue weighted by atomic mass is 10.1. The third kappa shape index (κ3) is 3.75. The van der Waals surface area contributed by atoms with Gasteiger partial charge in [-0.05, 0) is 44.1 Å². The number of hydrogen-bond donors (Lipinski definition) is 2. The van der Waals surface area contributed by atoms with Crippen LogP contribution in [0.25, 0.3) is 0 Å². The first-order valence-electron chi connectivity index (χ1n) is 6.27. The maximum absolute atomic E-state index is 12.2. The molecular formula is C13H17Cl2N3O. The van der Waals surface area contributed by atoms with Crippen LogP contribution in [-0.4, -0.2) is 37.1 Å². The van der Waals surface area contributed by atoms with Gasteiger partial charge in [0.25, 0.3) is 0 Å². The quantitative estimate of drug-likeness (QED) is 0.881. The highest BCUT2D eigenvalue weighted by Crippen LogP contribution is 2.26. The van der Waals surface area contributed by atoms with Crippen LogP contribution in [0.15, 0.2) is 18.2 Å². The molecule has 0 atom stereocenters. The highest BCUT2D eigenvalue weighted by Gasteiger charge is 2.22. The number of nitrogens with zero attached hydrogens (tertiary/aromatic N) is 1. The number of carbonyl (C=O) groups excluding carboxylic acids is 1. The SMILES string of the molecule is CN(C(=O)Nc1cc(Cl)ccc1Cl)C1CCNCC1. The minimum Gasteiger partial charge on any atom is -0.325 e. The maximum Gasteiger partial charge on any atom is 0.321 e. The predicted octanol–water partition coefficient (Wildman–Crippen LogP) is 3.21. The fraction of sp³-hybridized carbons (Fsp3) is 0.462. The predicted molar refractivity (Wildman–Crippen MR) is 79.1 cm³/mol. The first-order chi connectivity index (χ1) is 9.08. The minimum atomic E-state index is -0.156. The van der Waals surface area contributed by atoms with Gasteiger partial charge in [0, 0.05) is 18.1 Å². The Morgan fingerprint density at radius 2 is 2.05 bits per heavy atom. The van der Waals surface area contributed by atoms with E-state index in [0.29, 0.717) is 15.7 Å². The second kappa shape index (κ2) is 6.46. The van der Waals surface area contributed by atoms with Gasteiger partial charge in [-0.25, -0.2) is 4.79 Å². The Hall–Kier alpha value is -0.970. The molecule has 1 fully saturated rings. The lowest BCUT2D eigenvalue weighted by Crippen LogP contribution is -2.45. The highest BCUT2D eigenvalue weighted by molar-refractivity contribution is 6.35. The van der Waals surface area contributed by atoms with Gasteiger partial charge in [-0.1, -0.05) is 23.2 Å². The van der Waals surface area contributed by atoms with Gasteiger partial charge < -0.3 is 15.5 Å². The van der Waals surface area contributed by atoms with Gasteiger partial charge in [-0.15, -0.1) is 0 Å². The molecule has 2 rings (SSSR count). The molecule has 0 saturated carbocycles. The van der Waals surface area contributed by atoms with Crippen molar-refractivity contribution in [3.63, 3.8) is 0 Å². The molecule has 0 aromatic heterocycles. The molecule has 4 nitrogen and oxygen atoms in total. The van der Waals surface area contributed by atoms with Gasteiger partial charge in [0.1, 0.15) is 0 Å². The molecule has 0 aliphatic carbocycles. The Morgan fingerprint density at radius 3 is 2.74 bits per heavy atom. The normalized spacial score (nSPS) is 16.2. The van der Waals surface area contributed by atoms with Crippen LogP contribution in [0.2, 0.25) is 10.0 Å². The molecule has 2 N–H and O–H groups in total. The summed E-state index contributed by atoms with van der Waals surface area (Å²) in [7, 11) is 1.81. The summed E-state index contributed by atoms with van der Waals surface area (Å²) >= 11 is 11.9. The van der Waals surface area contributed by atoms with E-state index in [4.69, 9.17) is 23.2 Å². The fourth-order valence-electron chi connectivity index (χ4n) is 2.16. The van der Waals surface area contributed by atoms with Crippen molar-refractivity contribution < 1.29 is 4.79 Å². The van der Waals surface area contributed by atoms with Crippen LogP contribution in [0.3, 0.4) is 0 Å². The van der Waals surface area contributed by atoms with Crippen molar-refractivity contribution in [1.29, 1.82) is 0 Å². The summed E-state index contributed by atoms with van der Waals surface area (Å²) in [5.41, 5.74) is 0.542. The molecule has 0 radical (unpaired) electrons. The van der Waals surface area contributed by atoms with E-state index in [0.717, 1.165) is 25.9 Å². The van der Waals surface area contributed by atoms with Crippen molar-refractivity contribution in [3.8, 4) is 0 Å². The number of piperidine rings is 1. The Bertz CT molecular complexity index is 461. The Balaban J connectivity index is 2.01. The number of hydrogen-bond acceptors (Lipinski definition) is 2. The van der Waals surface area contributed by atoms with Crippen molar-refractivity contribution in [2.45, 2.75) is 18.9 Å². The summed E-state index contributed by atoms with van der Waals surface area (Å²) in [6.45, 7) is 1.89. The lowest BCUT2D eigenvalue weighted by Gasteiger charge is -2.31. The van der Waals surface area contributed by atoms with Crippen LogP contribution < -0.4 is 10.6 Å². The smallest absolute Gasteiger partial charge is 0.321 e. The number of benzene rings is 1. The number of nitrogens with one attached hydrogen (secondary N) is 2. The average molecular weight is 302 g/mol. The van der Waals surface area contributed by atoms with Gasteiger partial charge in [0.2, 0.25) is 0 Å². The van der Waals surface area contributed by atoms with E-state index in [2.05, 4.69) is 10.6 Å². The summed E-state index contributed by atoms with van der Waals surface area (Å²) in [4.78, 5) is 13.9. The van der Waals surface area contributed by atoms with Gasteiger partial charge >= 0.3 is 6.03 Å². The molecule has 0 spiro atoms. The third-order valence-corrected chi connectivity index (χ3v) is 3.91. The topological polar surface area (TPSA) is 44.4 Å². The van der Waals surface area contributed by atoms with Crippen molar-refractivity contribution >= 4 is 34.9 Å². The minimum absolute atomic E-state index is 0.156. The summed E-state index contributed by atoms with van der Waals surface area (Å²) in [6, 6.07) is 5.12. The van der Waals surface area contributed by atoms with Gasteiger partial charge in [0.15, 0.2) is 0 Å². The summed E-state index contributed by atoms with van der Waals surface area (Å²) in [6.07, 6.45) is 1.93. The van der Waals surface area contributed by atoms with Crippen molar-refractivity contribution in [1.82, 2.24) is 10.2 Å². The molecule has 6 heteroatoms. The zero-order valence-corrected chi connectivity index (χ0v) is 12.3. The Morgan fingerprint density at radius 1 is 1.37 bits per heavy atom. The van der Waals surface area contributed by atoms with E-state index >= 15 is 0 Å². The molecular weight excluding hydrogens is 285 g/mol. The lowest BCUT2D eigenvalue weighted by molar-refractivity contribution is 0.189. The Kier molecular flexibility index (Phi) is 4.91. The second-order valence-corrected chi connectivity index (χ2v) is 5.49. The standard InChI is InChI=1S/C13H17Cl2N3O/c1-18(10-4-6-16-7-5-10)13(19)17-12-8-9(14)2-3-11(12)15/h2-3,8,10,16H,4-7H2,1H3,(H,17,19). The zero-order chi connectivity index (χ0) is 13.8. The van der Waals surface area contributed by atoms with Crippen LogP contribution >= 0.6 is 23.2 Å². The number of anilines is 1. The van der Waals surface area contributed by atoms with Crippen LogP contribution in [0, 0.1) is 0 Å². The molecule has 2 amide bonds. The molecule has 1 aromatic carbocycles. The summed E-state index contributed by atoms with van der Waals surface area (Å²) < 4.78 is 0. The average Bonchev–Trinajstić information content (AvgIpc) is 2.43. The first-order valence-corrected chi connectivity index (χ1v) is 7.03. The Labute approximate surface area is 123 Å². The van der Waals surface area contributed by atoms with Crippen molar-refractivity contribution in [2.75, 3.05) is 25.5 Å². The van der Waals surface area contributed by atoms with Gasteiger partial charge in [-0.3, -0.25) is 0 Å². The van der Waals surface area contributed by atoms with E-state index in [1.54, 1.807) is 23.1 Å². The van der Waals surface area contributed by atoms with E-state index < -0.39 is 0 Å². The molecule has 0 unspecified atom stereocenters. The van der Waals surface area contributed by atoms with Crippen molar-refractivity contribution in [3.05, 3.63) is 28.2 Å². The second-order valence-electron chi connectivity index (χ2n) is 4.65. The fourth-order valence-corrected chi connectivity index (χ4v) is 2.49. The number of carbonyl (C=O) groups is 1. The molecule has 104 valence electrons. The zero-order valence-electron chi connectivity index (χ0n) is 10.7. The van der Waals surface area contributed by atoms with E-state index in [1.165, 1.54) is 0 Å². The van der Waals surface area contributed by atoms with E-state index in [9.17, 15) is 4.79 Å². The van der Waals surface area contributed by atoms with Gasteiger partial charge in [-0.2, -0.15) is 0 Å². The van der Waals surface area contributed by atoms with Crippen LogP contribution in [0.5, 0.6) is 0 Å². The van der Waals surface area contributed by atoms with Crippen LogP contribution in [0.1, 0.15) is 12.8 Å². The summed E-state index contributed by atoms with van der Waals surface area (Å²) in [5, 5.41) is 7.10. The molecule has 0 bridgehead atoms. The third-order valence-electron chi connectivity index (χ3n) is 3.35.